The van der Waals surface area contributed by atoms with Crippen molar-refractivity contribution in [2.75, 3.05) is 20.3 Å². The van der Waals surface area contributed by atoms with Crippen molar-refractivity contribution in [2.45, 2.75) is 50.2 Å². The Kier molecular flexibility index (Phi) is 4.09. The molecule has 1 aromatic carbocycles. The van der Waals surface area contributed by atoms with Gasteiger partial charge in [-0.25, -0.2) is 0 Å². The largest absolute Gasteiger partial charge is 0.493 e. The topological polar surface area (TPSA) is 53.7 Å². The lowest BCUT2D eigenvalue weighted by Crippen LogP contribution is -2.32. The van der Waals surface area contributed by atoms with E-state index in [0.717, 1.165) is 43.8 Å². The van der Waals surface area contributed by atoms with E-state index in [-0.39, 0.29) is 17.6 Å². The number of benzene rings is 1. The molecular formula is C17H25NO3. The molecule has 0 radical (unpaired) electrons. The van der Waals surface area contributed by atoms with Gasteiger partial charge in [-0.1, -0.05) is 12.1 Å². The maximum absolute atomic E-state index is 6.21. The SMILES string of the molecule is COc1c(OC2CCCOC2)cccc1C1(C(C)N)CC1. The van der Waals surface area contributed by atoms with E-state index in [1.165, 1.54) is 5.56 Å². The third-order valence-corrected chi connectivity index (χ3v) is 4.79. The van der Waals surface area contributed by atoms with Crippen LogP contribution in [-0.2, 0) is 10.2 Å². The number of nitrogens with two attached hydrogens (primary N) is 1. The van der Waals surface area contributed by atoms with Crippen molar-refractivity contribution in [1.29, 1.82) is 0 Å². The van der Waals surface area contributed by atoms with Crippen LogP contribution in [0.15, 0.2) is 18.2 Å². The third kappa shape index (κ3) is 2.74. The summed E-state index contributed by atoms with van der Waals surface area (Å²) in [5, 5.41) is 0. The minimum atomic E-state index is 0.0633. The third-order valence-electron chi connectivity index (χ3n) is 4.79. The molecule has 3 rings (SSSR count). The van der Waals surface area contributed by atoms with Gasteiger partial charge in [-0.3, -0.25) is 0 Å². The van der Waals surface area contributed by atoms with Gasteiger partial charge in [0.1, 0.15) is 6.10 Å². The molecule has 0 aromatic heterocycles. The standard InChI is InChI=1S/C17H25NO3/c1-12(18)17(8-9-17)14-6-3-7-15(16(14)19-2)21-13-5-4-10-20-11-13/h3,6-7,12-13H,4-5,8-11,18H2,1-2H3. The van der Waals surface area contributed by atoms with E-state index in [0.29, 0.717) is 6.61 Å². The van der Waals surface area contributed by atoms with Crippen LogP contribution >= 0.6 is 0 Å². The summed E-state index contributed by atoms with van der Waals surface area (Å²) in [4.78, 5) is 0. The zero-order valence-corrected chi connectivity index (χ0v) is 12.9. The van der Waals surface area contributed by atoms with Crippen LogP contribution in [0.1, 0.15) is 38.2 Å². The molecule has 2 fully saturated rings. The molecule has 2 unspecified atom stereocenters. The summed E-state index contributed by atoms with van der Waals surface area (Å²) in [7, 11) is 1.71. The highest BCUT2D eigenvalue weighted by Crippen LogP contribution is 2.54. The average Bonchev–Trinajstić information content (AvgIpc) is 3.30. The van der Waals surface area contributed by atoms with Crippen molar-refractivity contribution in [2.24, 2.45) is 5.73 Å². The van der Waals surface area contributed by atoms with Crippen LogP contribution in [0.5, 0.6) is 11.5 Å². The van der Waals surface area contributed by atoms with Crippen LogP contribution in [0, 0.1) is 0 Å². The summed E-state index contributed by atoms with van der Waals surface area (Å²) in [5.74, 6) is 1.66. The smallest absolute Gasteiger partial charge is 0.164 e. The van der Waals surface area contributed by atoms with Crippen molar-refractivity contribution in [3.63, 3.8) is 0 Å². The van der Waals surface area contributed by atoms with Crippen molar-refractivity contribution in [3.8, 4) is 11.5 Å². The minimum Gasteiger partial charge on any atom is -0.493 e. The second-order valence-electron chi connectivity index (χ2n) is 6.24. The second-order valence-corrected chi connectivity index (χ2v) is 6.24. The molecule has 2 aliphatic rings. The minimum absolute atomic E-state index is 0.0633. The molecule has 1 saturated heterocycles. The normalized spacial score (nSPS) is 25.2. The lowest BCUT2D eigenvalue weighted by atomic mass is 9.88. The van der Waals surface area contributed by atoms with Gasteiger partial charge in [0.15, 0.2) is 11.5 Å². The van der Waals surface area contributed by atoms with Gasteiger partial charge < -0.3 is 19.9 Å². The van der Waals surface area contributed by atoms with Crippen molar-refractivity contribution >= 4 is 0 Å². The predicted molar refractivity (Wildman–Crippen MR) is 82.0 cm³/mol. The van der Waals surface area contributed by atoms with Gasteiger partial charge in [-0.15, -0.1) is 0 Å². The predicted octanol–water partition coefficient (Wildman–Crippen LogP) is 2.63. The quantitative estimate of drug-likeness (QED) is 0.906. The highest BCUT2D eigenvalue weighted by molar-refractivity contribution is 5.53. The Balaban J connectivity index is 1.87. The first-order valence-corrected chi connectivity index (χ1v) is 7.85. The number of methoxy groups -OCH3 is 1. The van der Waals surface area contributed by atoms with Crippen LogP contribution in [0.25, 0.3) is 0 Å². The first kappa shape index (κ1) is 14.7. The van der Waals surface area contributed by atoms with Crippen molar-refractivity contribution < 1.29 is 14.2 Å². The zero-order chi connectivity index (χ0) is 14.9. The molecule has 1 saturated carbocycles. The second kappa shape index (κ2) is 5.85. The Labute approximate surface area is 126 Å². The van der Waals surface area contributed by atoms with Crippen LogP contribution in [0.2, 0.25) is 0 Å². The van der Waals surface area contributed by atoms with E-state index in [4.69, 9.17) is 19.9 Å². The summed E-state index contributed by atoms with van der Waals surface area (Å²) in [6.45, 7) is 3.57. The average molecular weight is 291 g/mol. The summed E-state index contributed by atoms with van der Waals surface area (Å²) in [5.41, 5.74) is 7.46. The molecule has 2 N–H and O–H groups in total. The van der Waals surface area contributed by atoms with E-state index in [1.54, 1.807) is 7.11 Å². The van der Waals surface area contributed by atoms with Crippen molar-refractivity contribution in [1.82, 2.24) is 0 Å². The molecule has 1 aliphatic carbocycles. The monoisotopic (exact) mass is 291 g/mol. The van der Waals surface area contributed by atoms with E-state index in [9.17, 15) is 0 Å². The lowest BCUT2D eigenvalue weighted by Gasteiger charge is -2.27. The van der Waals surface area contributed by atoms with Gasteiger partial charge in [-0.05, 0) is 38.7 Å². The fourth-order valence-electron chi connectivity index (χ4n) is 3.30. The van der Waals surface area contributed by atoms with Gasteiger partial charge in [0.2, 0.25) is 0 Å². The fraction of sp³-hybridized carbons (Fsp3) is 0.647. The molecule has 2 atom stereocenters. The Morgan fingerprint density at radius 1 is 1.38 bits per heavy atom. The molecule has 4 heteroatoms. The maximum Gasteiger partial charge on any atom is 0.164 e. The lowest BCUT2D eigenvalue weighted by molar-refractivity contribution is 0.00636. The fourth-order valence-corrected chi connectivity index (χ4v) is 3.30. The first-order valence-electron chi connectivity index (χ1n) is 7.85. The zero-order valence-electron chi connectivity index (χ0n) is 12.9. The van der Waals surface area contributed by atoms with Gasteiger partial charge >= 0.3 is 0 Å². The Bertz CT molecular complexity index is 491. The molecule has 1 aliphatic heterocycles. The van der Waals surface area contributed by atoms with Crippen LogP contribution < -0.4 is 15.2 Å². The number of para-hydroxylation sites is 1. The molecule has 0 spiro atoms. The van der Waals surface area contributed by atoms with E-state index in [2.05, 4.69) is 13.0 Å². The summed E-state index contributed by atoms with van der Waals surface area (Å²) >= 11 is 0. The van der Waals surface area contributed by atoms with Crippen LogP contribution in [0.4, 0.5) is 0 Å². The van der Waals surface area contributed by atoms with Gasteiger partial charge in [0, 0.05) is 23.6 Å². The summed E-state index contributed by atoms with van der Waals surface area (Å²) in [6, 6.07) is 6.27. The van der Waals surface area contributed by atoms with E-state index in [1.807, 2.05) is 12.1 Å². The Morgan fingerprint density at radius 3 is 2.76 bits per heavy atom. The number of hydrogen-bond donors (Lipinski definition) is 1. The molecule has 116 valence electrons. The Morgan fingerprint density at radius 2 is 2.19 bits per heavy atom. The van der Waals surface area contributed by atoms with Crippen molar-refractivity contribution in [3.05, 3.63) is 23.8 Å². The van der Waals surface area contributed by atoms with Crippen LogP contribution in [-0.4, -0.2) is 32.5 Å². The molecule has 1 heterocycles. The first-order chi connectivity index (χ1) is 10.2. The molecule has 0 bridgehead atoms. The molecule has 0 amide bonds. The van der Waals surface area contributed by atoms with Gasteiger partial charge in [-0.2, -0.15) is 0 Å². The highest BCUT2D eigenvalue weighted by atomic mass is 16.5. The number of ether oxygens (including phenoxy) is 3. The summed E-state index contributed by atoms with van der Waals surface area (Å²) in [6.07, 6.45) is 4.45. The Hall–Kier alpha value is -1.26. The van der Waals surface area contributed by atoms with Gasteiger partial charge in [0.25, 0.3) is 0 Å². The number of hydrogen-bond acceptors (Lipinski definition) is 4. The van der Waals surface area contributed by atoms with Crippen LogP contribution in [0.3, 0.4) is 0 Å². The molecule has 1 aromatic rings. The van der Waals surface area contributed by atoms with E-state index < -0.39 is 0 Å². The maximum atomic E-state index is 6.21. The molecule has 21 heavy (non-hydrogen) atoms. The van der Waals surface area contributed by atoms with E-state index >= 15 is 0 Å². The number of rotatable bonds is 5. The summed E-state index contributed by atoms with van der Waals surface area (Å²) < 4.78 is 17.3. The molecule has 4 nitrogen and oxygen atoms in total. The molecular weight excluding hydrogens is 266 g/mol. The highest BCUT2D eigenvalue weighted by Gasteiger charge is 2.49. The van der Waals surface area contributed by atoms with Gasteiger partial charge in [0.05, 0.1) is 13.7 Å².